The van der Waals surface area contributed by atoms with Crippen LogP contribution < -0.4 is 5.32 Å². The zero-order valence-electron chi connectivity index (χ0n) is 14.2. The van der Waals surface area contributed by atoms with Crippen molar-refractivity contribution in [2.75, 3.05) is 11.9 Å². The summed E-state index contributed by atoms with van der Waals surface area (Å²) >= 11 is 12.2. The minimum atomic E-state index is -0.992. The number of benzene rings is 2. The van der Waals surface area contributed by atoms with Crippen LogP contribution in [0.25, 0.3) is 6.08 Å². The van der Waals surface area contributed by atoms with E-state index in [-0.39, 0.29) is 26.4 Å². The van der Waals surface area contributed by atoms with E-state index < -0.39 is 35.2 Å². The lowest BCUT2D eigenvalue weighted by Crippen LogP contribution is -2.36. The maximum absolute atomic E-state index is 13.6. The van der Waals surface area contributed by atoms with Gasteiger partial charge in [0.15, 0.2) is 5.75 Å². The van der Waals surface area contributed by atoms with E-state index in [0.29, 0.717) is 28.3 Å². The molecule has 0 bridgehead atoms. The molecule has 2 aromatic rings. The van der Waals surface area contributed by atoms with Crippen molar-refractivity contribution >= 4 is 63.8 Å². The molecule has 0 saturated carbocycles. The number of phenolic OH excluding ortho intramolecular Hbond substituents is 1. The summed E-state index contributed by atoms with van der Waals surface area (Å²) in [5.41, 5.74) is 0.0772. The molecule has 1 aliphatic heterocycles. The van der Waals surface area contributed by atoms with Gasteiger partial charge in [-0.05, 0) is 47.7 Å². The summed E-state index contributed by atoms with van der Waals surface area (Å²) in [7, 11) is 0. The van der Waals surface area contributed by atoms with E-state index in [9.17, 15) is 28.3 Å². The third kappa shape index (κ3) is 4.69. The monoisotopic (exact) mass is 458 g/mol. The number of anilines is 1. The number of hydrogen-bond donors (Lipinski definition) is 2. The van der Waals surface area contributed by atoms with Gasteiger partial charge in [0.05, 0.1) is 20.6 Å². The number of thioether (sulfide) groups is 1. The van der Waals surface area contributed by atoms with Crippen LogP contribution in [-0.2, 0) is 9.59 Å². The Kier molecular flexibility index (Phi) is 6.11. The number of rotatable bonds is 4. The van der Waals surface area contributed by atoms with Gasteiger partial charge in [0.1, 0.15) is 18.2 Å². The summed E-state index contributed by atoms with van der Waals surface area (Å²) in [6, 6.07) is 5.26. The van der Waals surface area contributed by atoms with Crippen molar-refractivity contribution in [1.29, 1.82) is 0 Å². The summed E-state index contributed by atoms with van der Waals surface area (Å²) in [5, 5.41) is 11.0. The molecule has 0 atom stereocenters. The van der Waals surface area contributed by atoms with Gasteiger partial charge in [0, 0.05) is 6.07 Å². The molecule has 1 saturated heterocycles. The molecule has 0 aliphatic carbocycles. The number of hydrogen-bond acceptors (Lipinski definition) is 5. The van der Waals surface area contributed by atoms with Gasteiger partial charge in [-0.25, -0.2) is 8.78 Å². The van der Waals surface area contributed by atoms with Crippen molar-refractivity contribution < 1.29 is 28.3 Å². The van der Waals surface area contributed by atoms with E-state index in [1.165, 1.54) is 18.2 Å². The van der Waals surface area contributed by atoms with Crippen molar-refractivity contribution in [2.45, 2.75) is 0 Å². The average Bonchev–Trinajstić information content (AvgIpc) is 2.89. The van der Waals surface area contributed by atoms with Crippen molar-refractivity contribution in [3.63, 3.8) is 0 Å². The minimum Gasteiger partial charge on any atom is -0.505 e. The number of phenols is 1. The first-order valence-corrected chi connectivity index (χ1v) is 9.41. The van der Waals surface area contributed by atoms with Crippen molar-refractivity contribution in [3.05, 3.63) is 62.5 Å². The van der Waals surface area contributed by atoms with Gasteiger partial charge in [-0.2, -0.15) is 0 Å². The van der Waals surface area contributed by atoms with Crippen LogP contribution in [0.4, 0.5) is 19.3 Å². The molecule has 1 fully saturated rings. The molecule has 3 rings (SSSR count). The first kappa shape index (κ1) is 21.1. The van der Waals surface area contributed by atoms with E-state index in [0.717, 1.165) is 12.1 Å². The molecule has 0 spiro atoms. The third-order valence-corrected chi connectivity index (χ3v) is 5.20. The second kappa shape index (κ2) is 8.40. The van der Waals surface area contributed by atoms with Crippen LogP contribution in [0.5, 0.6) is 5.75 Å². The van der Waals surface area contributed by atoms with Gasteiger partial charge in [-0.1, -0.05) is 23.2 Å². The summed E-state index contributed by atoms with van der Waals surface area (Å²) in [6.07, 6.45) is 1.33. The Labute approximate surface area is 177 Å². The lowest BCUT2D eigenvalue weighted by Gasteiger charge is -2.12. The van der Waals surface area contributed by atoms with Gasteiger partial charge in [-0.15, -0.1) is 0 Å². The van der Waals surface area contributed by atoms with Crippen LogP contribution in [0.1, 0.15) is 5.56 Å². The standard InChI is InChI=1S/C18H10Cl2F2N2O4S/c19-10-3-8(4-11(20)16(10)26)5-14-17(27)24(18(28)29-14)7-15(25)23-13-2-1-9(21)6-12(13)22/h1-6,26H,7H2,(H,23,25)/b14-5-. The lowest BCUT2D eigenvalue weighted by molar-refractivity contribution is -0.127. The quantitative estimate of drug-likeness (QED) is 0.651. The van der Waals surface area contributed by atoms with Crippen LogP contribution in [-0.4, -0.2) is 33.6 Å². The highest BCUT2D eigenvalue weighted by molar-refractivity contribution is 8.18. The van der Waals surface area contributed by atoms with Crippen molar-refractivity contribution in [3.8, 4) is 5.75 Å². The Morgan fingerprint density at radius 2 is 1.83 bits per heavy atom. The highest BCUT2D eigenvalue weighted by Crippen LogP contribution is 2.36. The predicted octanol–water partition coefficient (Wildman–Crippen LogP) is 4.65. The number of carbonyl (C=O) groups excluding carboxylic acids is 3. The van der Waals surface area contributed by atoms with Gasteiger partial charge < -0.3 is 10.4 Å². The molecule has 0 unspecified atom stereocenters. The fourth-order valence-corrected chi connectivity index (χ4v) is 3.72. The Morgan fingerprint density at radius 1 is 1.17 bits per heavy atom. The van der Waals surface area contributed by atoms with Gasteiger partial charge >= 0.3 is 0 Å². The fraction of sp³-hybridized carbons (Fsp3) is 0.0556. The number of nitrogens with one attached hydrogen (secondary N) is 1. The van der Waals surface area contributed by atoms with Crippen molar-refractivity contribution in [1.82, 2.24) is 4.90 Å². The van der Waals surface area contributed by atoms with Crippen molar-refractivity contribution in [2.24, 2.45) is 0 Å². The number of nitrogens with zero attached hydrogens (tertiary/aromatic N) is 1. The van der Waals surface area contributed by atoms with Crippen LogP contribution in [0.3, 0.4) is 0 Å². The number of halogens is 4. The molecule has 150 valence electrons. The van der Waals surface area contributed by atoms with Crippen LogP contribution in [0.15, 0.2) is 35.2 Å². The molecule has 1 heterocycles. The summed E-state index contributed by atoms with van der Waals surface area (Å²) in [6.45, 7) is -0.657. The zero-order valence-corrected chi connectivity index (χ0v) is 16.5. The number of amides is 3. The SMILES string of the molecule is O=C(CN1C(=O)S/C(=C\c2cc(Cl)c(O)c(Cl)c2)C1=O)Nc1ccc(F)cc1F. The second-order valence-electron chi connectivity index (χ2n) is 5.77. The first-order valence-electron chi connectivity index (χ1n) is 7.84. The average molecular weight is 459 g/mol. The van der Waals surface area contributed by atoms with E-state index in [1.807, 2.05) is 0 Å². The maximum Gasteiger partial charge on any atom is 0.294 e. The summed E-state index contributed by atoms with van der Waals surface area (Å²) in [5.74, 6) is -3.70. The largest absolute Gasteiger partial charge is 0.505 e. The Morgan fingerprint density at radius 3 is 2.45 bits per heavy atom. The van der Waals surface area contributed by atoms with Crippen LogP contribution >= 0.6 is 35.0 Å². The Bertz CT molecular complexity index is 1050. The van der Waals surface area contributed by atoms with Gasteiger partial charge in [0.25, 0.3) is 11.1 Å². The van der Waals surface area contributed by atoms with Crippen LogP contribution in [0.2, 0.25) is 10.0 Å². The highest BCUT2D eigenvalue weighted by Gasteiger charge is 2.36. The molecule has 1 aliphatic rings. The molecule has 6 nitrogen and oxygen atoms in total. The lowest BCUT2D eigenvalue weighted by atomic mass is 10.2. The fourth-order valence-electron chi connectivity index (χ4n) is 2.38. The summed E-state index contributed by atoms with van der Waals surface area (Å²) < 4.78 is 26.5. The van der Waals surface area contributed by atoms with Gasteiger partial charge in [0.2, 0.25) is 5.91 Å². The smallest absolute Gasteiger partial charge is 0.294 e. The molecule has 11 heteroatoms. The Balaban J connectivity index is 1.74. The minimum absolute atomic E-state index is 0.00795. The number of imide groups is 1. The third-order valence-electron chi connectivity index (χ3n) is 3.72. The Hall–Kier alpha value is -2.62. The maximum atomic E-state index is 13.6. The van der Waals surface area contributed by atoms with E-state index in [1.54, 1.807) is 0 Å². The van der Waals surface area contributed by atoms with Crippen LogP contribution in [0, 0.1) is 11.6 Å². The van der Waals surface area contributed by atoms with Gasteiger partial charge in [-0.3, -0.25) is 19.3 Å². The second-order valence-corrected chi connectivity index (χ2v) is 7.58. The van der Waals surface area contributed by atoms with E-state index >= 15 is 0 Å². The number of carbonyl (C=O) groups is 3. The molecule has 2 N–H and O–H groups in total. The predicted molar refractivity (Wildman–Crippen MR) is 106 cm³/mol. The van der Waals surface area contributed by atoms with E-state index in [4.69, 9.17) is 23.2 Å². The zero-order chi connectivity index (χ0) is 21.3. The first-order chi connectivity index (χ1) is 13.7. The molecule has 0 radical (unpaired) electrons. The molecule has 3 amide bonds. The topological polar surface area (TPSA) is 86.7 Å². The highest BCUT2D eigenvalue weighted by atomic mass is 35.5. The normalized spacial score (nSPS) is 15.3. The molecule has 0 aromatic heterocycles. The molecular weight excluding hydrogens is 449 g/mol. The molecule has 29 heavy (non-hydrogen) atoms. The summed E-state index contributed by atoms with van der Waals surface area (Å²) in [4.78, 5) is 37.3. The van der Waals surface area contributed by atoms with E-state index in [2.05, 4.69) is 5.32 Å². The number of aromatic hydroxyl groups is 1. The molecule has 2 aromatic carbocycles. The molecular formula is C18H10Cl2F2N2O4S.